The molecule has 7 N–H and O–H groups in total. The number of ether oxygens (including phenoxy) is 2. The van der Waals surface area contributed by atoms with Gasteiger partial charge in [-0.25, -0.2) is 19.0 Å². The first-order chi connectivity index (χ1) is 62.0. The Hall–Kier alpha value is -12.8. The van der Waals surface area contributed by atoms with Crippen molar-refractivity contribution in [3.63, 3.8) is 0 Å². The fraction of sp³-hybridized carbons (Fsp3) is 0.375. The van der Waals surface area contributed by atoms with Gasteiger partial charge in [0.15, 0.2) is 23.1 Å². The summed E-state index contributed by atoms with van der Waals surface area (Å²) >= 11 is 1.38. The maximum absolute atomic E-state index is 15.5. The van der Waals surface area contributed by atoms with Crippen LogP contribution in [-0.4, -0.2) is 149 Å². The second-order valence-electron chi connectivity index (χ2n) is 35.6. The number of thioether (sulfide) groups is 1. The highest BCUT2D eigenvalue weighted by Crippen LogP contribution is 2.42. The topological polar surface area (TPSA) is 338 Å². The maximum Gasteiger partial charge on any atom is 0.419 e. The van der Waals surface area contributed by atoms with Gasteiger partial charge in [0.2, 0.25) is 35.4 Å². The van der Waals surface area contributed by atoms with E-state index in [9.17, 15) is 33.5 Å². The molecular formula is C104H120FN9O15S. The molecule has 0 saturated carbocycles. The summed E-state index contributed by atoms with van der Waals surface area (Å²) < 4.78 is 29.9. The molecule has 130 heavy (non-hydrogen) atoms. The number of amides is 6. The number of nitrogens with zero attached hydrogens (tertiary/aromatic N) is 3. The minimum Gasteiger partial charge on any atom is -0.480 e. The second-order valence-corrected chi connectivity index (χ2v) is 36.6. The number of fused-ring (bicyclic) bond motifs is 1. The van der Waals surface area contributed by atoms with E-state index < -0.39 is 191 Å². The van der Waals surface area contributed by atoms with E-state index in [4.69, 9.17) is 14.5 Å². The lowest BCUT2D eigenvalue weighted by Gasteiger charge is -2.37. The number of imidazole rings is 1. The van der Waals surface area contributed by atoms with Crippen LogP contribution < -0.4 is 31.9 Å². The van der Waals surface area contributed by atoms with E-state index in [0.29, 0.717) is 50.2 Å². The SMILES string of the molecule is CCC(=O)N[C@@H](CC(=O)NC(c1ccccc1)(c1ccccc1)c1ccccc1)C(=O)C[C@@H](CC(C)C)C(=O)N[C@@H](Cc1cn(C(=O)OC(C)(C)C)c2ccccc12)C(=O)C[C@@H](C)C(=O)N[C@H](C(=O)CCC(=O)N[C@@H](Cc1cn(C(c2ccccc2)(c2ccccc2)c2ccccc2)cn1)C(=O)C[C@@H](Cc1ccc(F)cc1)C(=O)N[C@@H](CCSC)C(=O)O)[C@@H](C)OC(C)(C)C. The Kier molecular flexibility index (Phi) is 35.1. The zero-order valence-electron chi connectivity index (χ0n) is 75.9. The zero-order valence-corrected chi connectivity index (χ0v) is 76.7. The van der Waals surface area contributed by atoms with Gasteiger partial charge in [-0.05, 0) is 148 Å². The summed E-state index contributed by atoms with van der Waals surface area (Å²) in [6, 6.07) is 62.4. The molecule has 0 fully saturated rings. The molecule has 24 nitrogen and oxygen atoms in total. The predicted molar refractivity (Wildman–Crippen MR) is 499 cm³/mol. The van der Waals surface area contributed by atoms with Crippen molar-refractivity contribution in [3.8, 4) is 0 Å². The largest absolute Gasteiger partial charge is 0.480 e. The molecule has 26 heteroatoms. The van der Waals surface area contributed by atoms with Gasteiger partial charge in [-0.2, -0.15) is 11.8 Å². The minimum absolute atomic E-state index is 0.0465. The van der Waals surface area contributed by atoms with Crippen LogP contribution in [0.5, 0.6) is 0 Å². The number of carboxylic acid groups (broad SMARTS) is 1. The van der Waals surface area contributed by atoms with Crippen molar-refractivity contribution in [2.24, 2.45) is 23.7 Å². The highest BCUT2D eigenvalue weighted by molar-refractivity contribution is 7.98. The molecule has 2 aromatic heterocycles. The highest BCUT2D eigenvalue weighted by Gasteiger charge is 2.43. The van der Waals surface area contributed by atoms with Crippen molar-refractivity contribution in [2.75, 3.05) is 12.0 Å². The van der Waals surface area contributed by atoms with Crippen LogP contribution in [0.25, 0.3) is 10.9 Å². The van der Waals surface area contributed by atoms with Crippen LogP contribution in [0.4, 0.5) is 9.18 Å². The summed E-state index contributed by atoms with van der Waals surface area (Å²) in [5, 5.41) is 28.1. The van der Waals surface area contributed by atoms with Gasteiger partial charge in [0, 0.05) is 86.9 Å². The van der Waals surface area contributed by atoms with E-state index in [0.717, 1.165) is 16.7 Å². The van der Waals surface area contributed by atoms with Crippen LogP contribution in [0, 0.1) is 29.5 Å². The molecular weight excluding hydrogens is 1670 g/mol. The number of carboxylic acids is 1. The Morgan fingerprint density at radius 1 is 0.477 bits per heavy atom. The number of carbonyl (C=O) groups is 12. The number of carbonyl (C=O) groups excluding carboxylic acids is 11. The summed E-state index contributed by atoms with van der Waals surface area (Å²) in [5.74, 6) is -12.3. The number of rotatable bonds is 46. The van der Waals surface area contributed by atoms with E-state index >= 15 is 33.6 Å². The van der Waals surface area contributed by atoms with E-state index in [1.807, 2.05) is 200 Å². The van der Waals surface area contributed by atoms with Gasteiger partial charge in [0.25, 0.3) is 0 Å². The molecule has 10 rings (SSSR count). The van der Waals surface area contributed by atoms with Gasteiger partial charge in [-0.3, -0.25) is 52.5 Å². The fourth-order valence-corrected chi connectivity index (χ4v) is 17.1. The molecule has 0 bridgehead atoms. The molecule has 6 amide bonds. The molecule has 0 aliphatic heterocycles. The Bertz CT molecular complexity index is 5340. The number of hydrogen-bond acceptors (Lipinski definition) is 16. The number of nitrogens with one attached hydrogen (secondary N) is 6. The Labute approximate surface area is 764 Å². The third-order valence-electron chi connectivity index (χ3n) is 22.9. The van der Waals surface area contributed by atoms with E-state index in [2.05, 4.69) is 31.9 Å². The summed E-state index contributed by atoms with van der Waals surface area (Å²) in [5.41, 5.74) is 2.14. The summed E-state index contributed by atoms with van der Waals surface area (Å²) in [6.07, 6.45) is 1.09. The van der Waals surface area contributed by atoms with Gasteiger partial charge in [-0.1, -0.05) is 240 Å². The molecule has 0 aliphatic rings. The van der Waals surface area contributed by atoms with E-state index in [1.54, 1.807) is 98.4 Å². The molecule has 684 valence electrons. The number of para-hydroxylation sites is 1. The average Bonchev–Trinajstić information content (AvgIpc) is 1.32. The first kappa shape index (κ1) is 99.4. The first-order valence-electron chi connectivity index (χ1n) is 44.2. The standard InChI is InChI=1S/C104H120FN9O15S/c1-13-92(119)107-86(63-94(121)112-103(74-34-20-14-21-35-74,75-36-22-15-23-37-75)76-38-24-16-25-39-76)91(118)60-71(56-67(2)3)97(123)110-84(59-73-64-114(100(127)129-102(9,10)11)87-47-33-32-46-82(73)87)89(116)57-68(4)96(122)111-95(69(5)128-101(6,7)8)88(115)52-53-93(120)108-85(90(117)61-72(58-70-48-50-80(105)51-49-70)98(124)109-83(99(125)126)54-55-130-12)62-81-65-113(66-106-81)104(77-40-26-17-27-41-77,78-42-28-18-29-43-78)79-44-30-19-31-45-79/h14-51,64-69,71-72,83-86,95H,13,52-63H2,1-12H3,(H,107,119)(H,108,120)(H,109,124)(H,110,123)(H,111,122)(H,112,121)(H,125,126)/t68-,69-,71-,72-,83+,84+,85+,86+,95+/m1/s1. The van der Waals surface area contributed by atoms with Crippen molar-refractivity contribution in [1.82, 2.24) is 46.0 Å². The zero-order chi connectivity index (χ0) is 94.0. The number of aromatic nitrogens is 3. The number of ketones is 4. The molecule has 9 atom stereocenters. The van der Waals surface area contributed by atoms with Crippen molar-refractivity contribution in [3.05, 3.63) is 305 Å². The molecule has 0 aliphatic carbocycles. The molecule has 0 saturated heterocycles. The third kappa shape index (κ3) is 26.7. The Morgan fingerprint density at radius 2 is 0.954 bits per heavy atom. The lowest BCUT2D eigenvalue weighted by Crippen LogP contribution is -2.52. The van der Waals surface area contributed by atoms with Crippen LogP contribution in [-0.2, 0) is 92.6 Å². The number of halogens is 1. The summed E-state index contributed by atoms with van der Waals surface area (Å²) in [4.78, 5) is 181. The van der Waals surface area contributed by atoms with Crippen LogP contribution in [0.3, 0.4) is 0 Å². The van der Waals surface area contributed by atoms with Crippen molar-refractivity contribution in [1.29, 1.82) is 0 Å². The summed E-state index contributed by atoms with van der Waals surface area (Å²) in [6.45, 7) is 18.7. The van der Waals surface area contributed by atoms with Crippen molar-refractivity contribution < 1.29 is 76.5 Å². The normalized spacial score (nSPS) is 13.9. The van der Waals surface area contributed by atoms with E-state index in [-0.39, 0.29) is 44.4 Å². The Morgan fingerprint density at radius 3 is 1.46 bits per heavy atom. The van der Waals surface area contributed by atoms with Crippen LogP contribution in [0.1, 0.15) is 184 Å². The van der Waals surface area contributed by atoms with Gasteiger partial charge >= 0.3 is 12.1 Å². The fourth-order valence-electron chi connectivity index (χ4n) is 16.6. The third-order valence-corrected chi connectivity index (χ3v) is 23.5. The summed E-state index contributed by atoms with van der Waals surface area (Å²) in [7, 11) is 0. The minimum atomic E-state index is -1.48. The average molecular weight is 1790 g/mol. The van der Waals surface area contributed by atoms with Crippen molar-refractivity contribution in [2.45, 2.75) is 212 Å². The van der Waals surface area contributed by atoms with Crippen LogP contribution >= 0.6 is 11.8 Å². The second kappa shape index (κ2) is 45.9. The number of hydrogen-bond donors (Lipinski definition) is 7. The van der Waals surface area contributed by atoms with E-state index in [1.165, 1.54) is 53.7 Å². The molecule has 2 heterocycles. The molecule has 8 aromatic carbocycles. The molecule has 0 radical (unpaired) electrons. The van der Waals surface area contributed by atoms with Crippen molar-refractivity contribution >= 4 is 93.3 Å². The van der Waals surface area contributed by atoms with Gasteiger partial charge < -0.3 is 51.0 Å². The molecule has 10 aromatic rings. The van der Waals surface area contributed by atoms with Crippen LogP contribution in [0.15, 0.2) is 249 Å². The first-order valence-corrected chi connectivity index (χ1v) is 45.6. The number of benzene rings is 8. The quantitative estimate of drug-likeness (QED) is 0.0174. The lowest BCUT2D eigenvalue weighted by molar-refractivity contribution is -0.142. The number of Topliss-reactive ketones (excluding diaryl/α,β-unsaturated/α-hetero) is 4. The maximum atomic E-state index is 15.5. The predicted octanol–water partition coefficient (Wildman–Crippen LogP) is 15.1. The monoisotopic (exact) mass is 1790 g/mol. The number of aliphatic carboxylic acids is 1. The van der Waals surface area contributed by atoms with Gasteiger partial charge in [0.05, 0.1) is 53.8 Å². The van der Waals surface area contributed by atoms with Crippen LogP contribution in [0.2, 0.25) is 0 Å². The smallest absolute Gasteiger partial charge is 0.419 e. The highest BCUT2D eigenvalue weighted by atomic mass is 32.2. The molecule has 0 unspecified atom stereocenters. The molecule has 0 spiro atoms. The van der Waals surface area contributed by atoms with Gasteiger partial charge in [-0.15, -0.1) is 0 Å². The lowest BCUT2D eigenvalue weighted by atomic mass is 9.76. The Balaban J connectivity index is 0.929. The van der Waals surface area contributed by atoms with Gasteiger partial charge in [0.1, 0.15) is 34.6 Å².